The highest BCUT2D eigenvalue weighted by molar-refractivity contribution is 5.95. The van der Waals surface area contributed by atoms with Gasteiger partial charge in [-0.25, -0.2) is 14.4 Å². The summed E-state index contributed by atoms with van der Waals surface area (Å²) in [6.45, 7) is 3.17. The van der Waals surface area contributed by atoms with Gasteiger partial charge in [-0.1, -0.05) is 24.3 Å². The summed E-state index contributed by atoms with van der Waals surface area (Å²) >= 11 is 0. The number of benzene rings is 2. The number of hydrogen-bond donors (Lipinski definition) is 3. The first-order chi connectivity index (χ1) is 15.0. The number of nitrogens with two attached hydrogens (primary N) is 1. The van der Waals surface area contributed by atoms with Crippen LogP contribution in [0.1, 0.15) is 17.0 Å². The van der Waals surface area contributed by atoms with E-state index < -0.39 is 0 Å². The van der Waals surface area contributed by atoms with Crippen molar-refractivity contribution in [3.8, 4) is 11.3 Å². The molecule has 6 nitrogen and oxygen atoms in total. The molecular weight excluding hydrogens is 391 g/mol. The van der Waals surface area contributed by atoms with Crippen LogP contribution in [-0.4, -0.2) is 31.9 Å². The molecule has 31 heavy (non-hydrogen) atoms. The number of aromatic amines is 2. The maximum Gasteiger partial charge on any atom is 0.160 e. The number of pyridine rings is 1. The minimum atomic E-state index is -0.170. The zero-order valence-electron chi connectivity index (χ0n) is 17.4. The minimum Gasteiger partial charge on any atom is -0.384 e. The Hall–Kier alpha value is -3.71. The molecule has 0 aliphatic rings. The lowest BCUT2D eigenvalue weighted by atomic mass is 10.1. The Balaban J connectivity index is 1.44. The SMILES string of the molecule is Cc1nc2c(-c3cc4cc(CN(C)Cc5ccccc5F)ccc4[nH]3)cc(N)nc2[nH]1. The Kier molecular flexibility index (Phi) is 4.67. The monoisotopic (exact) mass is 414 g/mol. The van der Waals surface area contributed by atoms with Gasteiger partial charge in [0, 0.05) is 40.8 Å². The summed E-state index contributed by atoms with van der Waals surface area (Å²) in [5.41, 5.74) is 12.2. The summed E-state index contributed by atoms with van der Waals surface area (Å²) in [7, 11) is 2.00. The van der Waals surface area contributed by atoms with Gasteiger partial charge in [0.1, 0.15) is 23.0 Å². The summed E-state index contributed by atoms with van der Waals surface area (Å²) < 4.78 is 14.0. The van der Waals surface area contributed by atoms with E-state index in [0.717, 1.165) is 45.6 Å². The Morgan fingerprint density at radius 2 is 1.84 bits per heavy atom. The van der Waals surface area contributed by atoms with Gasteiger partial charge in [0.05, 0.1) is 0 Å². The van der Waals surface area contributed by atoms with Crippen LogP contribution < -0.4 is 5.73 Å². The molecule has 4 N–H and O–H groups in total. The first-order valence-electron chi connectivity index (χ1n) is 10.1. The highest BCUT2D eigenvalue weighted by Crippen LogP contribution is 2.30. The van der Waals surface area contributed by atoms with Gasteiger partial charge in [-0.05, 0) is 49.9 Å². The van der Waals surface area contributed by atoms with Crippen molar-refractivity contribution in [2.24, 2.45) is 0 Å². The van der Waals surface area contributed by atoms with Crippen LogP contribution >= 0.6 is 0 Å². The maximum atomic E-state index is 14.0. The molecule has 5 rings (SSSR count). The van der Waals surface area contributed by atoms with Crippen molar-refractivity contribution in [3.05, 3.63) is 77.4 Å². The second-order valence-electron chi connectivity index (χ2n) is 7.98. The van der Waals surface area contributed by atoms with Crippen LogP contribution in [-0.2, 0) is 13.1 Å². The average molecular weight is 414 g/mol. The molecule has 0 fully saturated rings. The molecule has 156 valence electrons. The summed E-state index contributed by atoms with van der Waals surface area (Å²) in [5, 5.41) is 1.10. The number of imidazole rings is 1. The number of anilines is 1. The fraction of sp³-hybridized carbons (Fsp3) is 0.167. The largest absolute Gasteiger partial charge is 0.384 e. The molecule has 0 amide bonds. The molecule has 0 atom stereocenters. The third-order valence-electron chi connectivity index (χ3n) is 5.42. The average Bonchev–Trinajstić information content (AvgIpc) is 3.31. The maximum absolute atomic E-state index is 14.0. The first-order valence-corrected chi connectivity index (χ1v) is 10.1. The van der Waals surface area contributed by atoms with E-state index in [1.54, 1.807) is 6.07 Å². The van der Waals surface area contributed by atoms with Gasteiger partial charge in [-0.15, -0.1) is 0 Å². The lowest BCUT2D eigenvalue weighted by molar-refractivity contribution is 0.313. The van der Waals surface area contributed by atoms with Crippen LogP contribution in [0, 0.1) is 12.7 Å². The summed E-state index contributed by atoms with van der Waals surface area (Å²) in [5.74, 6) is 1.07. The molecule has 0 radical (unpaired) electrons. The number of aryl methyl sites for hydroxylation is 1. The smallest absolute Gasteiger partial charge is 0.160 e. The van der Waals surface area contributed by atoms with Crippen LogP contribution in [0.15, 0.2) is 54.6 Å². The normalized spacial score (nSPS) is 11.7. The van der Waals surface area contributed by atoms with Crippen molar-refractivity contribution >= 4 is 27.9 Å². The molecule has 3 heterocycles. The molecule has 0 saturated carbocycles. The van der Waals surface area contributed by atoms with Crippen molar-refractivity contribution in [2.45, 2.75) is 20.0 Å². The van der Waals surface area contributed by atoms with Crippen LogP contribution in [0.4, 0.5) is 10.2 Å². The number of hydrogen-bond acceptors (Lipinski definition) is 4. The number of nitrogen functional groups attached to an aromatic ring is 1. The van der Waals surface area contributed by atoms with Gasteiger partial charge in [0.25, 0.3) is 0 Å². The number of aromatic nitrogens is 4. The van der Waals surface area contributed by atoms with Crippen molar-refractivity contribution < 1.29 is 4.39 Å². The van der Waals surface area contributed by atoms with E-state index in [9.17, 15) is 4.39 Å². The summed E-state index contributed by atoms with van der Waals surface area (Å²) in [4.78, 5) is 17.6. The minimum absolute atomic E-state index is 0.170. The van der Waals surface area contributed by atoms with Crippen molar-refractivity contribution in [2.75, 3.05) is 12.8 Å². The van der Waals surface area contributed by atoms with Gasteiger partial charge in [0.2, 0.25) is 0 Å². The number of nitrogens with one attached hydrogen (secondary N) is 2. The fourth-order valence-corrected chi connectivity index (χ4v) is 4.04. The van der Waals surface area contributed by atoms with E-state index >= 15 is 0 Å². The summed E-state index contributed by atoms with van der Waals surface area (Å²) in [6.07, 6.45) is 0. The predicted molar refractivity (Wildman–Crippen MR) is 122 cm³/mol. The van der Waals surface area contributed by atoms with E-state index in [1.807, 2.05) is 32.2 Å². The fourth-order valence-electron chi connectivity index (χ4n) is 4.04. The van der Waals surface area contributed by atoms with Crippen LogP contribution in [0.5, 0.6) is 0 Å². The van der Waals surface area contributed by atoms with Crippen LogP contribution in [0.3, 0.4) is 0 Å². The number of fused-ring (bicyclic) bond motifs is 2. The molecule has 7 heteroatoms. The van der Waals surface area contributed by atoms with Crippen molar-refractivity contribution in [3.63, 3.8) is 0 Å². The molecular formula is C24H23FN6. The topological polar surface area (TPSA) is 86.6 Å². The van der Waals surface area contributed by atoms with Crippen LogP contribution in [0.25, 0.3) is 33.3 Å². The Bertz CT molecular complexity index is 1400. The Morgan fingerprint density at radius 1 is 1.00 bits per heavy atom. The van der Waals surface area contributed by atoms with Gasteiger partial charge in [-0.3, -0.25) is 4.90 Å². The molecule has 3 aromatic heterocycles. The Morgan fingerprint density at radius 3 is 2.68 bits per heavy atom. The zero-order valence-corrected chi connectivity index (χ0v) is 17.4. The van der Waals surface area contributed by atoms with E-state index in [4.69, 9.17) is 5.73 Å². The lowest BCUT2D eigenvalue weighted by Crippen LogP contribution is -2.17. The second kappa shape index (κ2) is 7.52. The van der Waals surface area contributed by atoms with E-state index in [0.29, 0.717) is 23.6 Å². The standard InChI is InChI=1S/C24H23FN6/c1-14-27-23-18(11-22(26)30-24(23)28-14)21-10-17-9-15(7-8-20(17)29-21)12-31(2)13-16-5-3-4-6-19(16)25/h3-11,29H,12-13H2,1-2H3,(H3,26,27,28,30). The molecule has 0 bridgehead atoms. The zero-order chi connectivity index (χ0) is 21.5. The van der Waals surface area contributed by atoms with E-state index in [1.165, 1.54) is 6.07 Å². The first kappa shape index (κ1) is 19.3. The quantitative estimate of drug-likeness (QED) is 0.387. The summed E-state index contributed by atoms with van der Waals surface area (Å²) in [6, 6.07) is 17.2. The van der Waals surface area contributed by atoms with Gasteiger partial charge in [0.15, 0.2) is 5.65 Å². The predicted octanol–water partition coefficient (Wildman–Crippen LogP) is 4.77. The molecule has 0 aliphatic carbocycles. The third kappa shape index (κ3) is 3.75. The van der Waals surface area contributed by atoms with Crippen LogP contribution in [0.2, 0.25) is 0 Å². The lowest BCUT2D eigenvalue weighted by Gasteiger charge is -2.17. The number of nitrogens with zero attached hydrogens (tertiary/aromatic N) is 3. The number of H-pyrrole nitrogens is 2. The van der Waals surface area contributed by atoms with Crippen molar-refractivity contribution in [1.82, 2.24) is 24.8 Å². The number of halogens is 1. The van der Waals surface area contributed by atoms with E-state index in [-0.39, 0.29) is 5.82 Å². The molecule has 0 unspecified atom stereocenters. The third-order valence-corrected chi connectivity index (χ3v) is 5.42. The molecule has 2 aromatic carbocycles. The molecule has 0 spiro atoms. The van der Waals surface area contributed by atoms with Gasteiger partial charge < -0.3 is 15.7 Å². The highest BCUT2D eigenvalue weighted by atomic mass is 19.1. The van der Waals surface area contributed by atoms with E-state index in [2.05, 4.69) is 49.1 Å². The second-order valence-corrected chi connectivity index (χ2v) is 7.98. The molecule has 0 saturated heterocycles. The molecule has 5 aromatic rings. The Labute approximate surface area is 178 Å². The molecule has 0 aliphatic heterocycles. The number of rotatable bonds is 5. The van der Waals surface area contributed by atoms with Crippen molar-refractivity contribution in [1.29, 1.82) is 0 Å². The highest BCUT2D eigenvalue weighted by Gasteiger charge is 2.13. The van der Waals surface area contributed by atoms with Gasteiger partial charge >= 0.3 is 0 Å². The van der Waals surface area contributed by atoms with Gasteiger partial charge in [-0.2, -0.15) is 0 Å².